The molecule has 0 aliphatic carbocycles. The molecule has 2 aromatic rings. The van der Waals surface area contributed by atoms with Gasteiger partial charge in [-0.3, -0.25) is 24.0 Å². The summed E-state index contributed by atoms with van der Waals surface area (Å²) in [6.07, 6.45) is 0.445. The molecular formula is C23H24FN3O5. The first-order valence-electron chi connectivity index (χ1n) is 10.1. The smallest absolute Gasteiger partial charge is 0.313 e. The van der Waals surface area contributed by atoms with Gasteiger partial charge in [0, 0.05) is 24.9 Å². The van der Waals surface area contributed by atoms with Gasteiger partial charge in [0.2, 0.25) is 17.6 Å². The van der Waals surface area contributed by atoms with Gasteiger partial charge in [0.25, 0.3) is 0 Å². The van der Waals surface area contributed by atoms with Crippen molar-refractivity contribution >= 4 is 23.5 Å². The summed E-state index contributed by atoms with van der Waals surface area (Å²) in [7, 11) is 1.20. The molecule has 9 heteroatoms. The van der Waals surface area contributed by atoms with Crippen LogP contribution in [0.5, 0.6) is 0 Å². The monoisotopic (exact) mass is 441 g/mol. The van der Waals surface area contributed by atoms with Crippen LogP contribution < -0.4 is 10.8 Å². The molecule has 1 saturated heterocycles. The number of Topliss-reactive ketones (excluding diaryl/α,β-unsaturated/α-hetero) is 1. The predicted molar refractivity (Wildman–Crippen MR) is 112 cm³/mol. The van der Waals surface area contributed by atoms with Crippen molar-refractivity contribution in [1.82, 2.24) is 15.7 Å². The average Bonchev–Trinajstić information content (AvgIpc) is 3.15. The number of hydroxylamine groups is 1. The van der Waals surface area contributed by atoms with Crippen molar-refractivity contribution < 1.29 is 28.4 Å². The third kappa shape index (κ3) is 5.55. The van der Waals surface area contributed by atoms with E-state index in [4.69, 9.17) is 0 Å². The van der Waals surface area contributed by atoms with Crippen molar-refractivity contribution in [2.75, 3.05) is 7.11 Å². The molecule has 3 amide bonds. The SMILES string of the molecule is CONC(=O)C(=O)C(Cc1ccccc1)NC(=O)C1CCC(=O)N1Cc1ccccc1F. The fraction of sp³-hybridized carbons (Fsp3) is 0.304. The number of carbonyl (C=O) groups excluding carboxylic acids is 4. The Labute approximate surface area is 184 Å². The summed E-state index contributed by atoms with van der Waals surface area (Å²) in [4.78, 5) is 55.9. The molecule has 32 heavy (non-hydrogen) atoms. The van der Waals surface area contributed by atoms with Crippen molar-refractivity contribution in [1.29, 1.82) is 0 Å². The topological polar surface area (TPSA) is 105 Å². The number of ketones is 1. The first-order valence-corrected chi connectivity index (χ1v) is 10.1. The van der Waals surface area contributed by atoms with Gasteiger partial charge in [0.05, 0.1) is 7.11 Å². The van der Waals surface area contributed by atoms with Gasteiger partial charge in [-0.15, -0.1) is 0 Å². The van der Waals surface area contributed by atoms with Crippen molar-refractivity contribution in [3.63, 3.8) is 0 Å². The molecule has 2 atom stereocenters. The maximum absolute atomic E-state index is 14.1. The molecule has 0 spiro atoms. The van der Waals surface area contributed by atoms with E-state index >= 15 is 0 Å². The van der Waals surface area contributed by atoms with Crippen LogP contribution in [0.25, 0.3) is 0 Å². The van der Waals surface area contributed by atoms with Crippen LogP contribution in [-0.2, 0) is 37.0 Å². The zero-order chi connectivity index (χ0) is 23.1. The lowest BCUT2D eigenvalue weighted by Crippen LogP contribution is -2.53. The van der Waals surface area contributed by atoms with E-state index in [1.54, 1.807) is 48.5 Å². The molecule has 168 valence electrons. The van der Waals surface area contributed by atoms with Crippen molar-refractivity contribution in [2.24, 2.45) is 0 Å². The number of nitrogens with zero attached hydrogens (tertiary/aromatic N) is 1. The third-order valence-corrected chi connectivity index (χ3v) is 5.26. The maximum Gasteiger partial charge on any atom is 0.313 e. The molecule has 0 saturated carbocycles. The van der Waals surface area contributed by atoms with Crippen molar-refractivity contribution in [3.8, 4) is 0 Å². The van der Waals surface area contributed by atoms with Gasteiger partial charge in [-0.2, -0.15) is 0 Å². The molecule has 8 nitrogen and oxygen atoms in total. The van der Waals surface area contributed by atoms with E-state index in [0.29, 0.717) is 0 Å². The highest BCUT2D eigenvalue weighted by Crippen LogP contribution is 2.23. The number of carbonyl (C=O) groups is 4. The Kier molecular flexibility index (Phi) is 7.67. The number of hydrogen-bond donors (Lipinski definition) is 2. The minimum Gasteiger partial charge on any atom is -0.344 e. The maximum atomic E-state index is 14.1. The molecule has 2 unspecified atom stereocenters. The predicted octanol–water partition coefficient (Wildman–Crippen LogP) is 1.29. The Morgan fingerprint density at radius 2 is 1.81 bits per heavy atom. The zero-order valence-corrected chi connectivity index (χ0v) is 17.5. The zero-order valence-electron chi connectivity index (χ0n) is 17.5. The fourth-order valence-electron chi connectivity index (χ4n) is 3.64. The number of halogens is 1. The summed E-state index contributed by atoms with van der Waals surface area (Å²) in [5, 5.41) is 2.60. The second-order valence-electron chi connectivity index (χ2n) is 7.42. The Morgan fingerprint density at radius 3 is 2.50 bits per heavy atom. The summed E-state index contributed by atoms with van der Waals surface area (Å²) >= 11 is 0. The molecule has 0 radical (unpaired) electrons. The number of amides is 3. The average molecular weight is 441 g/mol. The first-order chi connectivity index (χ1) is 15.4. The van der Waals surface area contributed by atoms with Gasteiger partial charge in [-0.05, 0) is 18.1 Å². The van der Waals surface area contributed by atoms with Crippen LogP contribution in [0.1, 0.15) is 24.0 Å². The molecule has 0 aromatic heterocycles. The largest absolute Gasteiger partial charge is 0.344 e. The van der Waals surface area contributed by atoms with E-state index in [-0.39, 0.29) is 37.3 Å². The lowest BCUT2D eigenvalue weighted by molar-refractivity contribution is -0.146. The molecule has 1 aliphatic rings. The van der Waals surface area contributed by atoms with Gasteiger partial charge >= 0.3 is 5.91 Å². The number of nitrogens with one attached hydrogen (secondary N) is 2. The number of hydrogen-bond acceptors (Lipinski definition) is 5. The Hall–Kier alpha value is -3.59. The molecule has 3 rings (SSSR count). The third-order valence-electron chi connectivity index (χ3n) is 5.26. The Bertz CT molecular complexity index is 998. The van der Waals surface area contributed by atoms with Crippen LogP contribution in [-0.4, -0.2) is 47.6 Å². The van der Waals surface area contributed by atoms with Crippen LogP contribution >= 0.6 is 0 Å². The minimum atomic E-state index is -1.16. The van der Waals surface area contributed by atoms with Crippen LogP contribution in [0.2, 0.25) is 0 Å². The van der Waals surface area contributed by atoms with Gasteiger partial charge in [-0.25, -0.2) is 9.87 Å². The molecule has 1 fully saturated rings. The molecule has 0 bridgehead atoms. The molecule has 1 aliphatic heterocycles. The van der Waals surface area contributed by atoms with E-state index in [1.165, 1.54) is 18.1 Å². The van der Waals surface area contributed by atoms with E-state index in [0.717, 1.165) is 5.56 Å². The summed E-state index contributed by atoms with van der Waals surface area (Å²) in [5.74, 6) is -3.21. The standard InChI is InChI=1S/C23H24FN3O5/c1-32-26-23(31)21(29)18(13-15-7-3-2-4-8-15)25-22(30)19-11-12-20(28)27(19)14-16-9-5-6-10-17(16)24/h2-10,18-19H,11-14H2,1H3,(H,25,30)(H,26,31). The lowest BCUT2D eigenvalue weighted by Gasteiger charge is -2.26. The van der Waals surface area contributed by atoms with Crippen LogP contribution in [0.4, 0.5) is 4.39 Å². The van der Waals surface area contributed by atoms with Gasteiger partial charge in [0.15, 0.2) is 0 Å². The van der Waals surface area contributed by atoms with E-state index < -0.39 is 35.5 Å². The minimum absolute atomic E-state index is 0.0644. The Morgan fingerprint density at radius 1 is 1.12 bits per heavy atom. The van der Waals surface area contributed by atoms with Crippen molar-refractivity contribution in [2.45, 2.75) is 37.9 Å². The number of benzene rings is 2. The first kappa shape index (κ1) is 23.1. The van der Waals surface area contributed by atoms with Gasteiger partial charge < -0.3 is 10.2 Å². The van der Waals surface area contributed by atoms with E-state index in [2.05, 4.69) is 10.2 Å². The van der Waals surface area contributed by atoms with Crippen LogP contribution in [0.15, 0.2) is 54.6 Å². The molecule has 2 N–H and O–H groups in total. The molecule has 1 heterocycles. The van der Waals surface area contributed by atoms with Crippen LogP contribution in [0, 0.1) is 5.82 Å². The van der Waals surface area contributed by atoms with Gasteiger partial charge in [-0.1, -0.05) is 48.5 Å². The second kappa shape index (κ2) is 10.6. The fourth-order valence-corrected chi connectivity index (χ4v) is 3.64. The number of rotatable bonds is 9. The van der Waals surface area contributed by atoms with Crippen LogP contribution in [0.3, 0.4) is 0 Å². The highest BCUT2D eigenvalue weighted by atomic mass is 19.1. The highest BCUT2D eigenvalue weighted by Gasteiger charge is 2.38. The summed E-state index contributed by atoms with van der Waals surface area (Å²) in [5.41, 5.74) is 2.99. The quantitative estimate of drug-likeness (QED) is 0.451. The summed E-state index contributed by atoms with van der Waals surface area (Å²) < 4.78 is 14.1. The molecule has 2 aromatic carbocycles. The lowest BCUT2D eigenvalue weighted by atomic mass is 10.0. The summed E-state index contributed by atoms with van der Waals surface area (Å²) in [6, 6.07) is 12.9. The van der Waals surface area contributed by atoms with Crippen molar-refractivity contribution in [3.05, 3.63) is 71.5 Å². The Balaban J connectivity index is 1.77. The number of likely N-dealkylation sites (tertiary alicyclic amines) is 1. The normalized spacial score (nSPS) is 16.5. The van der Waals surface area contributed by atoms with E-state index in [9.17, 15) is 23.6 Å². The highest BCUT2D eigenvalue weighted by molar-refractivity contribution is 6.38. The second-order valence-corrected chi connectivity index (χ2v) is 7.42. The van der Waals surface area contributed by atoms with E-state index in [1.807, 2.05) is 5.48 Å². The van der Waals surface area contributed by atoms with Gasteiger partial charge in [0.1, 0.15) is 17.9 Å². The molecular weight excluding hydrogens is 417 g/mol. The summed E-state index contributed by atoms with van der Waals surface area (Å²) in [6.45, 7) is -0.0644.